The standard InChI is InChI=1S/C13H25N7O/c1-4-20(5-2)13-16-11(18-14)15-12(17-13)19(3)9-10-7-6-8-21-10/h10H,4-9,14H2,1-3H3,(H,15,16,17,18). The van der Waals surface area contributed by atoms with E-state index in [4.69, 9.17) is 10.6 Å². The van der Waals surface area contributed by atoms with E-state index in [9.17, 15) is 0 Å². The molecule has 1 fully saturated rings. The van der Waals surface area contributed by atoms with Crippen molar-refractivity contribution in [3.05, 3.63) is 0 Å². The molecule has 1 atom stereocenters. The zero-order valence-electron chi connectivity index (χ0n) is 13.0. The van der Waals surface area contributed by atoms with E-state index in [2.05, 4.69) is 39.1 Å². The summed E-state index contributed by atoms with van der Waals surface area (Å²) in [6.07, 6.45) is 2.45. The number of hydrazine groups is 1. The highest BCUT2D eigenvalue weighted by atomic mass is 16.5. The van der Waals surface area contributed by atoms with Crippen LogP contribution in [0.4, 0.5) is 17.8 Å². The Bertz CT molecular complexity index is 446. The lowest BCUT2D eigenvalue weighted by Crippen LogP contribution is -2.32. The largest absolute Gasteiger partial charge is 0.376 e. The molecule has 0 aromatic carbocycles. The van der Waals surface area contributed by atoms with Gasteiger partial charge in [0, 0.05) is 33.3 Å². The number of nitrogens with two attached hydrogens (primary N) is 1. The monoisotopic (exact) mass is 295 g/mol. The molecule has 0 amide bonds. The van der Waals surface area contributed by atoms with Crippen molar-refractivity contribution in [2.45, 2.75) is 32.8 Å². The Kier molecular flexibility index (Phi) is 5.51. The first-order valence-corrected chi connectivity index (χ1v) is 7.48. The molecule has 0 spiro atoms. The molecule has 3 N–H and O–H groups in total. The smallest absolute Gasteiger partial charge is 0.243 e. The van der Waals surface area contributed by atoms with Crippen molar-refractivity contribution in [2.75, 3.05) is 48.5 Å². The van der Waals surface area contributed by atoms with Gasteiger partial charge in [0.15, 0.2) is 0 Å². The van der Waals surface area contributed by atoms with Gasteiger partial charge >= 0.3 is 0 Å². The Balaban J connectivity index is 2.18. The highest BCUT2D eigenvalue weighted by molar-refractivity contribution is 5.44. The second kappa shape index (κ2) is 7.37. The summed E-state index contributed by atoms with van der Waals surface area (Å²) >= 11 is 0. The summed E-state index contributed by atoms with van der Waals surface area (Å²) in [7, 11) is 1.96. The van der Waals surface area contributed by atoms with Crippen LogP contribution in [0.2, 0.25) is 0 Å². The van der Waals surface area contributed by atoms with Gasteiger partial charge in [-0.1, -0.05) is 0 Å². The minimum atomic E-state index is 0.248. The molecular formula is C13H25N7O. The first kappa shape index (κ1) is 15.7. The fourth-order valence-electron chi connectivity index (χ4n) is 2.41. The molecule has 0 saturated carbocycles. The predicted molar refractivity (Wildman–Crippen MR) is 83.4 cm³/mol. The predicted octanol–water partition coefficient (Wildman–Crippen LogP) is 0.619. The number of nitrogens with zero attached hydrogens (tertiary/aromatic N) is 5. The van der Waals surface area contributed by atoms with Gasteiger partial charge in [0.25, 0.3) is 0 Å². The first-order valence-electron chi connectivity index (χ1n) is 7.48. The number of nitrogen functional groups attached to an aromatic ring is 1. The molecule has 0 bridgehead atoms. The van der Waals surface area contributed by atoms with Crippen molar-refractivity contribution in [3.63, 3.8) is 0 Å². The van der Waals surface area contributed by atoms with E-state index in [0.717, 1.165) is 39.1 Å². The Hall–Kier alpha value is -1.67. The summed E-state index contributed by atoms with van der Waals surface area (Å²) in [5.41, 5.74) is 2.51. The number of likely N-dealkylation sites (N-methyl/N-ethyl adjacent to an activating group) is 1. The second-order valence-corrected chi connectivity index (χ2v) is 5.09. The minimum absolute atomic E-state index is 0.248. The molecule has 8 heteroatoms. The first-order chi connectivity index (χ1) is 10.2. The van der Waals surface area contributed by atoms with Gasteiger partial charge in [-0.25, -0.2) is 5.84 Å². The third kappa shape index (κ3) is 3.92. The maximum Gasteiger partial charge on any atom is 0.243 e. The van der Waals surface area contributed by atoms with Crippen LogP contribution in [0, 0.1) is 0 Å². The molecular weight excluding hydrogens is 270 g/mol. The number of rotatable bonds is 7. The van der Waals surface area contributed by atoms with Crippen LogP contribution in [-0.4, -0.2) is 54.3 Å². The van der Waals surface area contributed by atoms with Gasteiger partial charge in [-0.2, -0.15) is 15.0 Å². The molecule has 1 aromatic heterocycles. The third-order valence-corrected chi connectivity index (χ3v) is 3.63. The molecule has 0 aliphatic carbocycles. The fraction of sp³-hybridized carbons (Fsp3) is 0.769. The normalized spacial score (nSPS) is 17.8. The Morgan fingerprint density at radius 1 is 1.24 bits per heavy atom. The van der Waals surface area contributed by atoms with Crippen LogP contribution < -0.4 is 21.1 Å². The van der Waals surface area contributed by atoms with Crippen LogP contribution in [0.3, 0.4) is 0 Å². The van der Waals surface area contributed by atoms with Crippen LogP contribution in [0.1, 0.15) is 26.7 Å². The molecule has 21 heavy (non-hydrogen) atoms. The maximum atomic E-state index is 5.66. The molecule has 1 unspecified atom stereocenters. The SMILES string of the molecule is CCN(CC)c1nc(NN)nc(N(C)CC2CCCO2)n1. The van der Waals surface area contributed by atoms with Crippen LogP contribution in [0.15, 0.2) is 0 Å². The van der Waals surface area contributed by atoms with Crippen molar-refractivity contribution in [3.8, 4) is 0 Å². The van der Waals surface area contributed by atoms with Gasteiger partial charge in [-0.3, -0.25) is 5.43 Å². The van der Waals surface area contributed by atoms with Crippen molar-refractivity contribution < 1.29 is 4.74 Å². The summed E-state index contributed by atoms with van der Waals surface area (Å²) in [5.74, 6) is 7.09. The number of ether oxygens (including phenoxy) is 1. The van der Waals surface area contributed by atoms with Crippen molar-refractivity contribution >= 4 is 17.8 Å². The van der Waals surface area contributed by atoms with Crippen LogP contribution in [-0.2, 0) is 4.74 Å². The summed E-state index contributed by atoms with van der Waals surface area (Å²) in [5, 5.41) is 0. The Labute approximate surface area is 125 Å². The van der Waals surface area contributed by atoms with E-state index in [1.165, 1.54) is 0 Å². The van der Waals surface area contributed by atoms with Crippen LogP contribution >= 0.6 is 0 Å². The lowest BCUT2D eigenvalue weighted by molar-refractivity contribution is 0.116. The fourth-order valence-corrected chi connectivity index (χ4v) is 2.41. The highest BCUT2D eigenvalue weighted by Gasteiger charge is 2.20. The second-order valence-electron chi connectivity index (χ2n) is 5.09. The summed E-state index contributed by atoms with van der Waals surface area (Å²) in [6.45, 7) is 7.41. The lowest BCUT2D eigenvalue weighted by Gasteiger charge is -2.24. The molecule has 1 aliphatic heterocycles. The topological polar surface area (TPSA) is 92.4 Å². The quantitative estimate of drug-likeness (QED) is 0.558. The van der Waals surface area contributed by atoms with Crippen LogP contribution in [0.5, 0.6) is 0 Å². The molecule has 0 radical (unpaired) electrons. The maximum absolute atomic E-state index is 5.66. The summed E-state index contributed by atoms with van der Waals surface area (Å²) in [6, 6.07) is 0. The third-order valence-electron chi connectivity index (χ3n) is 3.63. The molecule has 1 aliphatic rings. The molecule has 2 rings (SSSR count). The number of nitrogens with one attached hydrogen (secondary N) is 1. The van der Waals surface area contributed by atoms with E-state index < -0.39 is 0 Å². The molecule has 118 valence electrons. The Morgan fingerprint density at radius 2 is 1.95 bits per heavy atom. The molecule has 2 heterocycles. The van der Waals surface area contributed by atoms with Crippen molar-refractivity contribution in [1.82, 2.24) is 15.0 Å². The van der Waals surface area contributed by atoms with Crippen molar-refractivity contribution in [2.24, 2.45) is 5.84 Å². The number of anilines is 3. The zero-order valence-corrected chi connectivity index (χ0v) is 13.0. The van der Waals surface area contributed by atoms with E-state index in [1.807, 2.05) is 11.9 Å². The minimum Gasteiger partial charge on any atom is -0.376 e. The number of aromatic nitrogens is 3. The van der Waals surface area contributed by atoms with E-state index >= 15 is 0 Å². The summed E-state index contributed by atoms with van der Waals surface area (Å²) < 4.78 is 5.66. The highest BCUT2D eigenvalue weighted by Crippen LogP contribution is 2.18. The van der Waals surface area contributed by atoms with Gasteiger partial charge in [0.2, 0.25) is 17.8 Å². The van der Waals surface area contributed by atoms with Crippen LogP contribution in [0.25, 0.3) is 0 Å². The number of hydrogen-bond donors (Lipinski definition) is 2. The van der Waals surface area contributed by atoms with Crippen molar-refractivity contribution in [1.29, 1.82) is 0 Å². The van der Waals surface area contributed by atoms with E-state index in [0.29, 0.717) is 17.8 Å². The average molecular weight is 295 g/mol. The van der Waals surface area contributed by atoms with E-state index in [1.54, 1.807) is 0 Å². The van der Waals surface area contributed by atoms with E-state index in [-0.39, 0.29) is 6.10 Å². The lowest BCUT2D eigenvalue weighted by atomic mass is 10.2. The number of hydrogen-bond acceptors (Lipinski definition) is 8. The van der Waals surface area contributed by atoms with Gasteiger partial charge in [-0.05, 0) is 26.7 Å². The zero-order chi connectivity index (χ0) is 15.2. The molecule has 1 aromatic rings. The van der Waals surface area contributed by atoms with Gasteiger partial charge < -0.3 is 14.5 Å². The van der Waals surface area contributed by atoms with Gasteiger partial charge in [0.1, 0.15) is 0 Å². The Morgan fingerprint density at radius 3 is 2.52 bits per heavy atom. The van der Waals surface area contributed by atoms with Gasteiger partial charge in [-0.15, -0.1) is 0 Å². The van der Waals surface area contributed by atoms with Gasteiger partial charge in [0.05, 0.1) is 6.10 Å². The molecule has 8 nitrogen and oxygen atoms in total. The summed E-state index contributed by atoms with van der Waals surface area (Å²) in [4.78, 5) is 17.2. The molecule has 1 saturated heterocycles. The average Bonchev–Trinajstić information content (AvgIpc) is 3.01.